The summed E-state index contributed by atoms with van der Waals surface area (Å²) >= 11 is 0. The third kappa shape index (κ3) is 3.95. The van der Waals surface area contributed by atoms with Crippen molar-refractivity contribution in [3.05, 3.63) is 0 Å². The van der Waals surface area contributed by atoms with Crippen molar-refractivity contribution in [3.63, 3.8) is 0 Å². The minimum Gasteiger partial charge on any atom is -0.339 e. The fourth-order valence-electron chi connectivity index (χ4n) is 3.70. The van der Waals surface area contributed by atoms with E-state index in [9.17, 15) is 4.79 Å². The summed E-state index contributed by atoms with van der Waals surface area (Å²) in [6.45, 7) is 7.90. The molecule has 2 N–H and O–H groups in total. The van der Waals surface area contributed by atoms with Crippen LogP contribution in [-0.4, -0.2) is 54.0 Å². The number of nitrogens with two attached hydrogens (primary N) is 1. The molecular weight excluding hydrogens is 250 g/mol. The first-order chi connectivity index (χ1) is 9.61. The number of rotatable bonds is 4. The summed E-state index contributed by atoms with van der Waals surface area (Å²) in [7, 11) is 0. The van der Waals surface area contributed by atoms with E-state index in [1.165, 1.54) is 32.1 Å². The molecule has 116 valence electrons. The van der Waals surface area contributed by atoms with E-state index in [2.05, 4.69) is 23.6 Å². The van der Waals surface area contributed by atoms with E-state index in [1.807, 2.05) is 0 Å². The van der Waals surface area contributed by atoms with Crippen LogP contribution in [0.5, 0.6) is 0 Å². The largest absolute Gasteiger partial charge is 0.339 e. The quantitative estimate of drug-likeness (QED) is 0.855. The van der Waals surface area contributed by atoms with E-state index in [0.717, 1.165) is 26.1 Å². The van der Waals surface area contributed by atoms with Crippen molar-refractivity contribution in [1.29, 1.82) is 0 Å². The van der Waals surface area contributed by atoms with Gasteiger partial charge in [0.15, 0.2) is 0 Å². The van der Waals surface area contributed by atoms with Gasteiger partial charge in [-0.25, -0.2) is 0 Å². The van der Waals surface area contributed by atoms with E-state index in [0.29, 0.717) is 24.4 Å². The van der Waals surface area contributed by atoms with Crippen molar-refractivity contribution in [1.82, 2.24) is 9.80 Å². The number of nitrogens with zero attached hydrogens (tertiary/aromatic N) is 2. The van der Waals surface area contributed by atoms with Gasteiger partial charge in [0.05, 0.1) is 6.54 Å². The molecule has 2 saturated heterocycles. The Morgan fingerprint density at radius 3 is 2.75 bits per heavy atom. The van der Waals surface area contributed by atoms with Crippen LogP contribution < -0.4 is 5.73 Å². The highest BCUT2D eigenvalue weighted by Crippen LogP contribution is 2.22. The molecule has 2 rings (SSSR count). The number of amides is 1. The van der Waals surface area contributed by atoms with Crippen molar-refractivity contribution in [2.75, 3.05) is 26.2 Å². The van der Waals surface area contributed by atoms with Gasteiger partial charge in [-0.2, -0.15) is 0 Å². The summed E-state index contributed by atoms with van der Waals surface area (Å²) in [6, 6.07) is 0.719. The maximum atomic E-state index is 12.6. The summed E-state index contributed by atoms with van der Waals surface area (Å²) in [5, 5.41) is 0. The average Bonchev–Trinajstić information content (AvgIpc) is 2.47. The minimum atomic E-state index is 0.242. The zero-order valence-electron chi connectivity index (χ0n) is 13.2. The highest BCUT2D eigenvalue weighted by atomic mass is 16.2. The number of piperidine rings is 2. The molecule has 0 aromatic carbocycles. The molecule has 4 nitrogen and oxygen atoms in total. The van der Waals surface area contributed by atoms with E-state index >= 15 is 0 Å². The number of hydrogen-bond acceptors (Lipinski definition) is 3. The van der Waals surface area contributed by atoms with Gasteiger partial charge in [-0.1, -0.05) is 6.92 Å². The predicted molar refractivity (Wildman–Crippen MR) is 82.5 cm³/mol. The van der Waals surface area contributed by atoms with Crippen LogP contribution in [0.3, 0.4) is 0 Å². The number of carbonyl (C=O) groups is 1. The van der Waals surface area contributed by atoms with Gasteiger partial charge in [-0.3, -0.25) is 9.69 Å². The Labute approximate surface area is 123 Å². The van der Waals surface area contributed by atoms with Gasteiger partial charge in [0.1, 0.15) is 0 Å². The molecule has 0 aromatic heterocycles. The molecule has 0 radical (unpaired) electrons. The van der Waals surface area contributed by atoms with Crippen LogP contribution in [0.15, 0.2) is 0 Å². The number of hydrogen-bond donors (Lipinski definition) is 1. The second kappa shape index (κ2) is 7.41. The van der Waals surface area contributed by atoms with Crippen molar-refractivity contribution >= 4 is 5.91 Å². The van der Waals surface area contributed by atoms with Gasteiger partial charge >= 0.3 is 0 Å². The molecule has 3 atom stereocenters. The smallest absolute Gasteiger partial charge is 0.236 e. The Kier molecular flexibility index (Phi) is 5.85. The molecule has 2 fully saturated rings. The van der Waals surface area contributed by atoms with Gasteiger partial charge in [0, 0.05) is 25.2 Å². The zero-order chi connectivity index (χ0) is 14.5. The molecule has 0 saturated carbocycles. The molecule has 2 aliphatic rings. The Morgan fingerprint density at radius 2 is 2.05 bits per heavy atom. The molecule has 20 heavy (non-hydrogen) atoms. The third-order valence-corrected chi connectivity index (χ3v) is 5.06. The van der Waals surface area contributed by atoms with Crippen LogP contribution in [0, 0.1) is 5.92 Å². The van der Waals surface area contributed by atoms with Crippen LogP contribution in [0.2, 0.25) is 0 Å². The molecule has 2 heterocycles. The van der Waals surface area contributed by atoms with Gasteiger partial charge in [-0.05, 0) is 57.9 Å². The summed E-state index contributed by atoms with van der Waals surface area (Å²) in [5.74, 6) is 0.891. The van der Waals surface area contributed by atoms with Crippen LogP contribution in [0.25, 0.3) is 0 Å². The van der Waals surface area contributed by atoms with Crippen molar-refractivity contribution in [2.45, 2.75) is 64.5 Å². The van der Waals surface area contributed by atoms with Crippen LogP contribution >= 0.6 is 0 Å². The summed E-state index contributed by atoms with van der Waals surface area (Å²) in [6.07, 6.45) is 7.11. The van der Waals surface area contributed by atoms with Gasteiger partial charge < -0.3 is 10.6 Å². The second-order valence-corrected chi connectivity index (χ2v) is 6.64. The van der Waals surface area contributed by atoms with Crippen molar-refractivity contribution in [3.8, 4) is 0 Å². The van der Waals surface area contributed by atoms with Crippen molar-refractivity contribution in [2.24, 2.45) is 11.7 Å². The first-order valence-corrected chi connectivity index (χ1v) is 8.39. The van der Waals surface area contributed by atoms with Gasteiger partial charge in [0.25, 0.3) is 0 Å². The molecular formula is C16H31N3O. The summed E-state index contributed by atoms with van der Waals surface area (Å²) in [5.41, 5.74) is 6.02. The van der Waals surface area contributed by atoms with E-state index < -0.39 is 0 Å². The maximum absolute atomic E-state index is 12.6. The first kappa shape index (κ1) is 15.8. The topological polar surface area (TPSA) is 49.6 Å². The fourth-order valence-corrected chi connectivity index (χ4v) is 3.70. The lowest BCUT2D eigenvalue weighted by Crippen LogP contribution is -2.50. The number of likely N-dealkylation sites (tertiary alicyclic amines) is 2. The van der Waals surface area contributed by atoms with E-state index in [-0.39, 0.29) is 6.04 Å². The van der Waals surface area contributed by atoms with Crippen LogP contribution in [0.1, 0.15) is 52.4 Å². The van der Waals surface area contributed by atoms with Crippen LogP contribution in [0.4, 0.5) is 0 Å². The average molecular weight is 281 g/mol. The summed E-state index contributed by atoms with van der Waals surface area (Å²) < 4.78 is 0. The standard InChI is InChI=1S/C16H31N3O/c1-3-15-8-4-5-10-19(15)16(20)12-18-9-6-7-14(11-18)13(2)17/h13-15H,3-12,17H2,1-2H3. The molecule has 2 aliphatic heterocycles. The van der Waals surface area contributed by atoms with Gasteiger partial charge in [-0.15, -0.1) is 0 Å². The lowest BCUT2D eigenvalue weighted by Gasteiger charge is -2.39. The van der Waals surface area contributed by atoms with Gasteiger partial charge in [0.2, 0.25) is 5.91 Å². The monoisotopic (exact) mass is 281 g/mol. The normalized spacial score (nSPS) is 30.2. The third-order valence-electron chi connectivity index (χ3n) is 5.06. The molecule has 0 aliphatic carbocycles. The highest BCUT2D eigenvalue weighted by molar-refractivity contribution is 5.78. The highest BCUT2D eigenvalue weighted by Gasteiger charge is 2.29. The Balaban J connectivity index is 1.86. The Hall–Kier alpha value is -0.610. The van der Waals surface area contributed by atoms with E-state index in [4.69, 9.17) is 5.73 Å². The SMILES string of the molecule is CCC1CCCCN1C(=O)CN1CCCC(C(C)N)C1. The predicted octanol–water partition coefficient (Wildman–Crippen LogP) is 1.84. The fraction of sp³-hybridized carbons (Fsp3) is 0.938. The summed E-state index contributed by atoms with van der Waals surface area (Å²) in [4.78, 5) is 17.0. The van der Waals surface area contributed by atoms with Crippen LogP contribution in [-0.2, 0) is 4.79 Å². The van der Waals surface area contributed by atoms with Crippen molar-refractivity contribution < 1.29 is 4.79 Å². The zero-order valence-corrected chi connectivity index (χ0v) is 13.2. The molecule has 4 heteroatoms. The molecule has 0 spiro atoms. The molecule has 0 aromatic rings. The molecule has 0 bridgehead atoms. The minimum absolute atomic E-state index is 0.242. The maximum Gasteiger partial charge on any atom is 0.236 e. The first-order valence-electron chi connectivity index (χ1n) is 8.39. The number of carbonyl (C=O) groups excluding carboxylic acids is 1. The molecule has 3 unspecified atom stereocenters. The Bertz CT molecular complexity index is 319. The van der Waals surface area contributed by atoms with E-state index in [1.54, 1.807) is 0 Å². The lowest BCUT2D eigenvalue weighted by molar-refractivity contribution is -0.136. The Morgan fingerprint density at radius 1 is 1.25 bits per heavy atom. The molecule has 1 amide bonds. The second-order valence-electron chi connectivity index (χ2n) is 6.64. The lowest BCUT2D eigenvalue weighted by atomic mass is 9.92.